The van der Waals surface area contributed by atoms with E-state index in [0.29, 0.717) is 19.6 Å². The monoisotopic (exact) mass is 345 g/mol. The van der Waals surface area contributed by atoms with E-state index in [9.17, 15) is 15.0 Å². The van der Waals surface area contributed by atoms with Crippen molar-refractivity contribution < 1.29 is 15.0 Å². The van der Waals surface area contributed by atoms with Gasteiger partial charge in [0.25, 0.3) is 0 Å². The largest absolute Gasteiger partial charge is 0.396 e. The summed E-state index contributed by atoms with van der Waals surface area (Å²) in [6.07, 6.45) is 3.54. The van der Waals surface area contributed by atoms with Crippen molar-refractivity contribution in [2.24, 2.45) is 11.8 Å². The number of aromatic nitrogens is 1. The smallest absolute Gasteiger partial charge is 0.317 e. The highest BCUT2D eigenvalue weighted by Gasteiger charge is 2.29. The Labute approximate surface area is 147 Å². The SMILES string of the molecule is Cc1cccc2[nH]cc(CCNC(=O)N3CC(CO)CC(CO)C3)c12. The van der Waals surface area contributed by atoms with Crippen molar-refractivity contribution in [3.63, 3.8) is 0 Å². The van der Waals surface area contributed by atoms with E-state index in [1.54, 1.807) is 4.90 Å². The topological polar surface area (TPSA) is 88.6 Å². The number of aliphatic hydroxyl groups is 2. The second-order valence-electron chi connectivity index (χ2n) is 7.03. The molecular formula is C19H27N3O3. The van der Waals surface area contributed by atoms with Crippen LogP contribution in [0.2, 0.25) is 0 Å². The third-order valence-corrected chi connectivity index (χ3v) is 5.09. The molecule has 6 nitrogen and oxygen atoms in total. The summed E-state index contributed by atoms with van der Waals surface area (Å²) in [7, 11) is 0. The number of aromatic amines is 1. The van der Waals surface area contributed by atoms with E-state index in [0.717, 1.165) is 18.4 Å². The molecule has 2 unspecified atom stereocenters. The van der Waals surface area contributed by atoms with Crippen molar-refractivity contribution in [1.82, 2.24) is 15.2 Å². The maximum atomic E-state index is 12.4. The van der Waals surface area contributed by atoms with E-state index >= 15 is 0 Å². The first kappa shape index (κ1) is 17.8. The Morgan fingerprint density at radius 3 is 2.68 bits per heavy atom. The fraction of sp³-hybridized carbons (Fsp3) is 0.526. The lowest BCUT2D eigenvalue weighted by molar-refractivity contribution is 0.0737. The third kappa shape index (κ3) is 3.96. The van der Waals surface area contributed by atoms with Gasteiger partial charge in [-0.15, -0.1) is 0 Å². The molecule has 1 aliphatic heterocycles. The highest BCUT2D eigenvalue weighted by atomic mass is 16.3. The fourth-order valence-corrected chi connectivity index (χ4v) is 3.81. The number of carbonyl (C=O) groups is 1. The number of hydrogen-bond donors (Lipinski definition) is 4. The highest BCUT2D eigenvalue weighted by molar-refractivity contribution is 5.86. The van der Waals surface area contributed by atoms with Gasteiger partial charge < -0.3 is 25.4 Å². The number of nitrogens with zero attached hydrogens (tertiary/aromatic N) is 1. The Morgan fingerprint density at radius 2 is 2.00 bits per heavy atom. The van der Waals surface area contributed by atoms with E-state index in [1.807, 2.05) is 12.3 Å². The van der Waals surface area contributed by atoms with Crippen LogP contribution in [0.3, 0.4) is 0 Å². The van der Waals surface area contributed by atoms with Crippen LogP contribution in [0.4, 0.5) is 4.79 Å². The molecule has 0 saturated carbocycles. The van der Waals surface area contributed by atoms with Gasteiger partial charge in [0, 0.05) is 61.8 Å². The van der Waals surface area contributed by atoms with Crippen molar-refractivity contribution in [3.05, 3.63) is 35.5 Å². The third-order valence-electron chi connectivity index (χ3n) is 5.09. The maximum absolute atomic E-state index is 12.4. The average Bonchev–Trinajstić information content (AvgIpc) is 3.05. The van der Waals surface area contributed by atoms with Gasteiger partial charge in [0.15, 0.2) is 0 Å². The number of aliphatic hydroxyl groups excluding tert-OH is 2. The molecule has 1 saturated heterocycles. The van der Waals surface area contributed by atoms with Crippen LogP contribution in [-0.2, 0) is 6.42 Å². The van der Waals surface area contributed by atoms with Crippen molar-refractivity contribution in [1.29, 1.82) is 0 Å². The van der Waals surface area contributed by atoms with E-state index in [2.05, 4.69) is 29.4 Å². The maximum Gasteiger partial charge on any atom is 0.317 e. The second kappa shape index (κ2) is 7.89. The van der Waals surface area contributed by atoms with E-state index in [1.165, 1.54) is 16.5 Å². The summed E-state index contributed by atoms with van der Waals surface area (Å²) >= 11 is 0. The summed E-state index contributed by atoms with van der Waals surface area (Å²) in [5.74, 6) is 0.0980. The lowest BCUT2D eigenvalue weighted by Gasteiger charge is -2.36. The van der Waals surface area contributed by atoms with Crippen molar-refractivity contribution in [2.45, 2.75) is 19.8 Å². The second-order valence-corrected chi connectivity index (χ2v) is 7.03. The van der Waals surface area contributed by atoms with Crippen LogP contribution in [0.15, 0.2) is 24.4 Å². The first-order valence-electron chi connectivity index (χ1n) is 8.92. The van der Waals surface area contributed by atoms with Crippen molar-refractivity contribution in [2.75, 3.05) is 32.8 Å². The Hall–Kier alpha value is -2.05. The minimum atomic E-state index is -0.117. The number of carbonyl (C=O) groups excluding carboxylic acids is 1. The summed E-state index contributed by atoms with van der Waals surface area (Å²) in [4.78, 5) is 17.4. The predicted octanol–water partition coefficient (Wildman–Crippen LogP) is 1.65. The molecule has 1 aromatic carbocycles. The summed E-state index contributed by atoms with van der Waals surface area (Å²) in [6.45, 7) is 3.85. The first-order valence-corrected chi connectivity index (χ1v) is 8.92. The summed E-state index contributed by atoms with van der Waals surface area (Å²) in [6, 6.07) is 6.07. The van der Waals surface area contributed by atoms with Gasteiger partial charge >= 0.3 is 6.03 Å². The molecule has 1 aromatic heterocycles. The lowest BCUT2D eigenvalue weighted by Crippen LogP contribution is -2.50. The van der Waals surface area contributed by atoms with Crippen LogP contribution >= 0.6 is 0 Å². The van der Waals surface area contributed by atoms with E-state index in [-0.39, 0.29) is 31.1 Å². The molecule has 25 heavy (non-hydrogen) atoms. The minimum Gasteiger partial charge on any atom is -0.396 e. The quantitative estimate of drug-likeness (QED) is 0.664. The van der Waals surface area contributed by atoms with Gasteiger partial charge in [-0.1, -0.05) is 12.1 Å². The summed E-state index contributed by atoms with van der Waals surface area (Å²) < 4.78 is 0. The number of H-pyrrole nitrogens is 1. The van der Waals surface area contributed by atoms with Gasteiger partial charge in [0.05, 0.1) is 0 Å². The van der Waals surface area contributed by atoms with Gasteiger partial charge in [0.2, 0.25) is 0 Å². The zero-order valence-corrected chi connectivity index (χ0v) is 14.7. The van der Waals surface area contributed by atoms with Crippen LogP contribution < -0.4 is 5.32 Å². The van der Waals surface area contributed by atoms with Gasteiger partial charge in [0.1, 0.15) is 0 Å². The van der Waals surface area contributed by atoms with Gasteiger partial charge in [-0.25, -0.2) is 4.79 Å². The van der Waals surface area contributed by atoms with Crippen molar-refractivity contribution >= 4 is 16.9 Å². The average molecular weight is 345 g/mol. The Balaban J connectivity index is 1.57. The number of rotatable bonds is 5. The molecule has 0 spiro atoms. The number of urea groups is 1. The number of fused-ring (bicyclic) bond motifs is 1. The molecule has 6 heteroatoms. The molecule has 0 radical (unpaired) electrons. The number of benzene rings is 1. The van der Waals surface area contributed by atoms with Gasteiger partial charge in [-0.2, -0.15) is 0 Å². The number of nitrogens with one attached hydrogen (secondary N) is 2. The Morgan fingerprint density at radius 1 is 1.28 bits per heavy atom. The molecule has 136 valence electrons. The number of aryl methyl sites for hydroxylation is 1. The van der Waals surface area contributed by atoms with E-state index in [4.69, 9.17) is 0 Å². The Kier molecular flexibility index (Phi) is 5.60. The molecule has 4 N–H and O–H groups in total. The number of hydrogen-bond acceptors (Lipinski definition) is 3. The molecule has 2 heterocycles. The van der Waals surface area contributed by atoms with Crippen LogP contribution in [-0.4, -0.2) is 59.0 Å². The van der Waals surface area contributed by atoms with Gasteiger partial charge in [-0.05, 0) is 37.0 Å². The predicted molar refractivity (Wildman–Crippen MR) is 97.5 cm³/mol. The van der Waals surface area contributed by atoms with Crippen LogP contribution in [0.5, 0.6) is 0 Å². The molecule has 1 aliphatic rings. The van der Waals surface area contributed by atoms with Crippen molar-refractivity contribution in [3.8, 4) is 0 Å². The summed E-state index contributed by atoms with van der Waals surface area (Å²) in [5, 5.41) is 23.0. The minimum absolute atomic E-state index is 0.0490. The van der Waals surface area contributed by atoms with Crippen LogP contribution in [0.1, 0.15) is 17.5 Å². The number of piperidine rings is 1. The zero-order chi connectivity index (χ0) is 17.8. The first-order chi connectivity index (χ1) is 12.1. The molecule has 2 atom stereocenters. The normalized spacial score (nSPS) is 20.8. The zero-order valence-electron chi connectivity index (χ0n) is 14.7. The van der Waals surface area contributed by atoms with E-state index < -0.39 is 0 Å². The number of amides is 2. The summed E-state index contributed by atoms with van der Waals surface area (Å²) in [5.41, 5.74) is 3.55. The standard InChI is InChI=1S/C19H27N3O3/c1-13-3-2-4-17-18(13)16(8-21-17)5-6-20-19(25)22-9-14(11-23)7-15(10-22)12-24/h2-4,8,14-15,21,23-24H,5-7,9-12H2,1H3,(H,20,25). The van der Waals surface area contributed by atoms with Gasteiger partial charge in [-0.3, -0.25) is 0 Å². The Bertz CT molecular complexity index is 716. The molecule has 0 aliphatic carbocycles. The number of likely N-dealkylation sites (tertiary alicyclic amines) is 1. The van der Waals surface area contributed by atoms with Crippen LogP contribution in [0, 0.1) is 18.8 Å². The van der Waals surface area contributed by atoms with Crippen LogP contribution in [0.25, 0.3) is 10.9 Å². The molecular weight excluding hydrogens is 318 g/mol. The molecule has 3 rings (SSSR count). The molecule has 2 amide bonds. The molecule has 1 fully saturated rings. The fourth-order valence-electron chi connectivity index (χ4n) is 3.81. The molecule has 0 bridgehead atoms. The molecule has 2 aromatic rings. The highest BCUT2D eigenvalue weighted by Crippen LogP contribution is 2.23. The lowest BCUT2D eigenvalue weighted by atomic mass is 9.90.